The van der Waals surface area contributed by atoms with Gasteiger partial charge in [0.05, 0.1) is 5.92 Å². The smallest absolute Gasteiger partial charge is 0.227 e. The minimum Gasteiger partial charge on any atom is -0.355 e. The van der Waals surface area contributed by atoms with Gasteiger partial charge in [-0.05, 0) is 36.5 Å². The molecule has 0 spiro atoms. The molecule has 2 aromatic carbocycles. The van der Waals surface area contributed by atoms with Crippen molar-refractivity contribution < 1.29 is 9.59 Å². The largest absolute Gasteiger partial charge is 0.355 e. The molecule has 2 fully saturated rings. The first-order valence-corrected chi connectivity index (χ1v) is 9.84. The van der Waals surface area contributed by atoms with Crippen LogP contribution in [0.25, 0.3) is 0 Å². The minimum atomic E-state index is -0.269. The number of para-hydroxylation sites is 1. The van der Waals surface area contributed by atoms with E-state index in [0.717, 1.165) is 30.5 Å². The number of carbonyl (C=O) groups excluding carboxylic acids is 2. The highest BCUT2D eigenvalue weighted by Crippen LogP contribution is 2.47. The molecule has 4 heteroatoms. The van der Waals surface area contributed by atoms with Crippen molar-refractivity contribution in [2.24, 2.45) is 5.92 Å². The molecule has 2 aliphatic rings. The normalized spacial score (nSPS) is 20.6. The molecule has 1 saturated carbocycles. The van der Waals surface area contributed by atoms with Gasteiger partial charge in [-0.3, -0.25) is 9.59 Å². The Bertz CT molecular complexity index is 842. The van der Waals surface area contributed by atoms with Crippen LogP contribution in [0.5, 0.6) is 0 Å². The van der Waals surface area contributed by atoms with Gasteiger partial charge in [-0.15, -0.1) is 0 Å². The van der Waals surface area contributed by atoms with Gasteiger partial charge in [0.25, 0.3) is 0 Å². The molecule has 2 amide bonds. The molecule has 1 aliphatic carbocycles. The van der Waals surface area contributed by atoms with Crippen molar-refractivity contribution in [3.05, 3.63) is 65.7 Å². The standard InChI is InChI=1S/C23H26N2O2/c1-2-17-8-6-7-11-20(17)25-15-18(14-21(25)26)22(27)24-16-23(12-13-23)19-9-4-3-5-10-19/h3-11,18H,2,12-16H2,1H3,(H,24,27). The molecule has 0 bridgehead atoms. The van der Waals surface area contributed by atoms with Crippen molar-refractivity contribution in [2.75, 3.05) is 18.0 Å². The van der Waals surface area contributed by atoms with E-state index >= 15 is 0 Å². The van der Waals surface area contributed by atoms with Crippen LogP contribution in [0.1, 0.15) is 37.3 Å². The molecule has 1 saturated heterocycles. The molecule has 2 aromatic rings. The predicted molar refractivity (Wildman–Crippen MR) is 107 cm³/mol. The number of amides is 2. The predicted octanol–water partition coefficient (Wildman–Crippen LogP) is 3.45. The third-order valence-corrected chi connectivity index (χ3v) is 6.00. The first-order valence-electron chi connectivity index (χ1n) is 9.84. The first-order chi connectivity index (χ1) is 13.1. The number of hydrogen-bond donors (Lipinski definition) is 1. The lowest BCUT2D eigenvalue weighted by atomic mass is 9.95. The highest BCUT2D eigenvalue weighted by Gasteiger charge is 2.45. The van der Waals surface area contributed by atoms with Crippen molar-refractivity contribution in [3.8, 4) is 0 Å². The van der Waals surface area contributed by atoms with Gasteiger partial charge in [0.2, 0.25) is 11.8 Å². The molecular formula is C23H26N2O2. The third kappa shape index (κ3) is 3.48. The maximum Gasteiger partial charge on any atom is 0.227 e. The zero-order valence-electron chi connectivity index (χ0n) is 15.8. The maximum atomic E-state index is 12.7. The van der Waals surface area contributed by atoms with Gasteiger partial charge in [0.15, 0.2) is 0 Å². The van der Waals surface area contributed by atoms with Gasteiger partial charge in [-0.25, -0.2) is 0 Å². The SMILES string of the molecule is CCc1ccccc1N1CC(C(=O)NCC2(c3ccccc3)CC2)CC1=O. The van der Waals surface area contributed by atoms with E-state index in [9.17, 15) is 9.59 Å². The fourth-order valence-electron chi connectivity index (χ4n) is 4.10. The van der Waals surface area contributed by atoms with Gasteiger partial charge in [0, 0.05) is 30.6 Å². The zero-order chi connectivity index (χ0) is 18.9. The van der Waals surface area contributed by atoms with E-state index in [1.165, 1.54) is 5.56 Å². The van der Waals surface area contributed by atoms with Gasteiger partial charge in [-0.2, -0.15) is 0 Å². The molecule has 1 heterocycles. The summed E-state index contributed by atoms with van der Waals surface area (Å²) in [6.07, 6.45) is 3.38. The van der Waals surface area contributed by atoms with E-state index in [2.05, 4.69) is 36.5 Å². The fraction of sp³-hybridized carbons (Fsp3) is 0.391. The Hall–Kier alpha value is -2.62. The molecule has 1 N–H and O–H groups in total. The van der Waals surface area contributed by atoms with Crippen LogP contribution in [-0.4, -0.2) is 24.9 Å². The molecule has 0 aromatic heterocycles. The second kappa shape index (κ2) is 7.18. The topological polar surface area (TPSA) is 49.4 Å². The highest BCUT2D eigenvalue weighted by molar-refractivity contribution is 6.00. The third-order valence-electron chi connectivity index (χ3n) is 6.00. The van der Waals surface area contributed by atoms with Crippen molar-refractivity contribution >= 4 is 17.5 Å². The summed E-state index contributed by atoms with van der Waals surface area (Å²) >= 11 is 0. The van der Waals surface area contributed by atoms with E-state index in [1.807, 2.05) is 30.3 Å². The average molecular weight is 362 g/mol. The Balaban J connectivity index is 1.40. The van der Waals surface area contributed by atoms with E-state index in [4.69, 9.17) is 0 Å². The fourth-order valence-corrected chi connectivity index (χ4v) is 4.10. The van der Waals surface area contributed by atoms with E-state index in [0.29, 0.717) is 19.5 Å². The molecule has 4 nitrogen and oxygen atoms in total. The van der Waals surface area contributed by atoms with Gasteiger partial charge in [-0.1, -0.05) is 55.5 Å². The minimum absolute atomic E-state index is 0.00188. The first kappa shape index (κ1) is 17.8. The van der Waals surface area contributed by atoms with Gasteiger partial charge < -0.3 is 10.2 Å². The Morgan fingerprint density at radius 3 is 2.52 bits per heavy atom. The number of hydrogen-bond acceptors (Lipinski definition) is 2. The monoisotopic (exact) mass is 362 g/mol. The second-order valence-electron chi connectivity index (χ2n) is 7.75. The van der Waals surface area contributed by atoms with Crippen LogP contribution >= 0.6 is 0 Å². The summed E-state index contributed by atoms with van der Waals surface area (Å²) in [6, 6.07) is 18.4. The lowest BCUT2D eigenvalue weighted by Crippen LogP contribution is -2.37. The highest BCUT2D eigenvalue weighted by atomic mass is 16.2. The summed E-state index contributed by atoms with van der Waals surface area (Å²) in [5, 5.41) is 3.13. The van der Waals surface area contributed by atoms with Crippen LogP contribution in [-0.2, 0) is 21.4 Å². The number of aryl methyl sites for hydroxylation is 1. The molecular weight excluding hydrogens is 336 g/mol. The van der Waals surface area contributed by atoms with Gasteiger partial charge in [0.1, 0.15) is 0 Å². The Labute approximate surface area is 160 Å². The Morgan fingerprint density at radius 2 is 1.81 bits per heavy atom. The number of rotatable bonds is 6. The summed E-state index contributed by atoms with van der Waals surface area (Å²) in [6.45, 7) is 3.22. The van der Waals surface area contributed by atoms with E-state index < -0.39 is 0 Å². The number of benzene rings is 2. The quantitative estimate of drug-likeness (QED) is 0.856. The average Bonchev–Trinajstić information content (AvgIpc) is 3.41. The van der Waals surface area contributed by atoms with Crippen molar-refractivity contribution in [2.45, 2.75) is 38.0 Å². The van der Waals surface area contributed by atoms with Crippen LogP contribution in [0.3, 0.4) is 0 Å². The Kier molecular flexibility index (Phi) is 4.73. The van der Waals surface area contributed by atoms with Crippen LogP contribution in [0.2, 0.25) is 0 Å². The Morgan fingerprint density at radius 1 is 1.11 bits per heavy atom. The van der Waals surface area contributed by atoms with Gasteiger partial charge >= 0.3 is 0 Å². The van der Waals surface area contributed by atoms with Crippen molar-refractivity contribution in [1.29, 1.82) is 0 Å². The second-order valence-corrected chi connectivity index (χ2v) is 7.75. The lowest BCUT2D eigenvalue weighted by molar-refractivity contribution is -0.126. The lowest BCUT2D eigenvalue weighted by Gasteiger charge is -2.21. The van der Waals surface area contributed by atoms with Crippen LogP contribution in [0, 0.1) is 5.92 Å². The maximum absolute atomic E-state index is 12.7. The molecule has 1 unspecified atom stereocenters. The van der Waals surface area contributed by atoms with Crippen molar-refractivity contribution in [3.63, 3.8) is 0 Å². The summed E-state index contributed by atoms with van der Waals surface area (Å²) in [4.78, 5) is 27.1. The molecule has 27 heavy (non-hydrogen) atoms. The molecule has 0 radical (unpaired) electrons. The summed E-state index contributed by atoms with van der Waals surface area (Å²) in [5.74, 6) is -0.226. The van der Waals surface area contributed by atoms with Crippen LogP contribution in [0.15, 0.2) is 54.6 Å². The molecule has 1 aliphatic heterocycles. The number of anilines is 1. The number of nitrogens with zero attached hydrogens (tertiary/aromatic N) is 1. The van der Waals surface area contributed by atoms with E-state index in [1.54, 1.807) is 4.90 Å². The van der Waals surface area contributed by atoms with Crippen LogP contribution < -0.4 is 10.2 Å². The van der Waals surface area contributed by atoms with Crippen molar-refractivity contribution in [1.82, 2.24) is 5.32 Å². The number of carbonyl (C=O) groups is 2. The van der Waals surface area contributed by atoms with Crippen LogP contribution in [0.4, 0.5) is 5.69 Å². The summed E-state index contributed by atoms with van der Waals surface area (Å²) in [5.41, 5.74) is 3.48. The zero-order valence-corrected chi connectivity index (χ0v) is 15.8. The molecule has 140 valence electrons. The molecule has 4 rings (SSSR count). The van der Waals surface area contributed by atoms with E-state index in [-0.39, 0.29) is 23.1 Å². The summed E-state index contributed by atoms with van der Waals surface area (Å²) < 4.78 is 0. The molecule has 1 atom stereocenters. The number of nitrogens with one attached hydrogen (secondary N) is 1. The summed E-state index contributed by atoms with van der Waals surface area (Å²) in [7, 11) is 0.